The third-order valence-corrected chi connectivity index (χ3v) is 9.38. The van der Waals surface area contributed by atoms with E-state index in [1.165, 1.54) is 25.1 Å². The van der Waals surface area contributed by atoms with Crippen LogP contribution in [0.3, 0.4) is 0 Å². The highest BCUT2D eigenvalue weighted by Crippen LogP contribution is 2.26. The SMILES string of the molecule is CC[Si](CC)(CC)C(C)OC(C)=O. The van der Waals surface area contributed by atoms with Gasteiger partial charge in [-0.3, -0.25) is 4.79 Å². The molecule has 13 heavy (non-hydrogen) atoms. The number of carbonyl (C=O) groups excluding carboxylic acids is 1. The predicted molar refractivity (Wildman–Crippen MR) is 58.4 cm³/mol. The summed E-state index contributed by atoms with van der Waals surface area (Å²) in [6.07, 6.45) is 0. The highest BCUT2D eigenvalue weighted by atomic mass is 28.3. The Labute approximate surface area is 82.7 Å². The van der Waals surface area contributed by atoms with Crippen LogP contribution in [0.1, 0.15) is 34.6 Å². The Balaban J connectivity index is 4.43. The second kappa shape index (κ2) is 5.42. The lowest BCUT2D eigenvalue weighted by atomic mass is 10.7. The maximum Gasteiger partial charge on any atom is 0.302 e. The van der Waals surface area contributed by atoms with Crippen LogP contribution < -0.4 is 0 Å². The zero-order valence-electron chi connectivity index (χ0n) is 9.52. The van der Waals surface area contributed by atoms with Crippen LogP contribution in [0.5, 0.6) is 0 Å². The highest BCUT2D eigenvalue weighted by Gasteiger charge is 2.35. The summed E-state index contributed by atoms with van der Waals surface area (Å²) in [6, 6.07) is 3.61. The van der Waals surface area contributed by atoms with Crippen LogP contribution in [0.2, 0.25) is 18.1 Å². The summed E-state index contributed by atoms with van der Waals surface area (Å²) in [7, 11) is -1.33. The predicted octanol–water partition coefficient (Wildman–Crippen LogP) is 2.99. The van der Waals surface area contributed by atoms with Gasteiger partial charge in [0.2, 0.25) is 0 Å². The lowest BCUT2D eigenvalue weighted by molar-refractivity contribution is -0.142. The molecule has 0 bridgehead atoms. The van der Waals surface area contributed by atoms with Gasteiger partial charge in [0, 0.05) is 6.92 Å². The molecule has 0 aliphatic carbocycles. The van der Waals surface area contributed by atoms with Crippen LogP contribution in [-0.2, 0) is 9.53 Å². The van der Waals surface area contributed by atoms with E-state index in [4.69, 9.17) is 4.74 Å². The molecule has 0 radical (unpaired) electrons. The normalized spacial score (nSPS) is 13.9. The standard InChI is InChI=1S/C10H22O2Si/c1-6-13(7-2,8-3)10(5)12-9(4)11/h10H,6-8H2,1-5H3. The van der Waals surface area contributed by atoms with Crippen molar-refractivity contribution >= 4 is 14.0 Å². The maximum atomic E-state index is 10.8. The first-order valence-electron chi connectivity index (χ1n) is 5.19. The minimum atomic E-state index is -1.33. The van der Waals surface area contributed by atoms with Gasteiger partial charge in [0.1, 0.15) is 8.07 Å². The van der Waals surface area contributed by atoms with Crippen molar-refractivity contribution in [3.8, 4) is 0 Å². The van der Waals surface area contributed by atoms with E-state index in [1.807, 2.05) is 0 Å². The van der Waals surface area contributed by atoms with Crippen molar-refractivity contribution in [3.05, 3.63) is 0 Å². The average molecular weight is 202 g/mol. The first-order chi connectivity index (χ1) is 6.02. The van der Waals surface area contributed by atoms with Crippen molar-refractivity contribution in [3.63, 3.8) is 0 Å². The molecule has 0 heterocycles. The van der Waals surface area contributed by atoms with Crippen molar-refractivity contribution in [2.75, 3.05) is 0 Å². The molecule has 0 rings (SSSR count). The summed E-state index contributed by atoms with van der Waals surface area (Å²) in [5.74, 6) is -0.139. The number of hydrogen-bond acceptors (Lipinski definition) is 2. The topological polar surface area (TPSA) is 26.3 Å². The molecular weight excluding hydrogens is 180 g/mol. The zero-order valence-corrected chi connectivity index (χ0v) is 10.5. The van der Waals surface area contributed by atoms with E-state index in [9.17, 15) is 4.79 Å². The molecular formula is C10H22O2Si. The molecule has 0 aromatic carbocycles. The fourth-order valence-corrected chi connectivity index (χ4v) is 5.63. The number of ether oxygens (including phenoxy) is 1. The third kappa shape index (κ3) is 3.14. The van der Waals surface area contributed by atoms with Crippen molar-refractivity contribution in [1.82, 2.24) is 0 Å². The average Bonchev–Trinajstić information content (AvgIpc) is 2.07. The summed E-state index contributed by atoms with van der Waals surface area (Å²) >= 11 is 0. The van der Waals surface area contributed by atoms with Crippen LogP contribution in [0.25, 0.3) is 0 Å². The third-order valence-electron chi connectivity index (χ3n) is 3.32. The van der Waals surface area contributed by atoms with Crippen LogP contribution in [0.4, 0.5) is 0 Å². The van der Waals surface area contributed by atoms with Gasteiger partial charge in [-0.2, -0.15) is 0 Å². The van der Waals surface area contributed by atoms with Gasteiger partial charge in [0.05, 0.1) is 5.73 Å². The largest absolute Gasteiger partial charge is 0.467 e. The summed E-state index contributed by atoms with van der Waals surface area (Å²) in [4.78, 5) is 10.8. The molecule has 2 nitrogen and oxygen atoms in total. The van der Waals surface area contributed by atoms with Crippen LogP contribution in [0, 0.1) is 0 Å². The summed E-state index contributed by atoms with van der Waals surface area (Å²) in [6.45, 7) is 10.2. The Hall–Kier alpha value is -0.313. The summed E-state index contributed by atoms with van der Waals surface area (Å²) in [5.41, 5.74) is 0.171. The fourth-order valence-electron chi connectivity index (χ4n) is 1.99. The molecule has 0 N–H and O–H groups in total. The van der Waals surface area contributed by atoms with Crippen molar-refractivity contribution in [1.29, 1.82) is 0 Å². The second-order valence-corrected chi connectivity index (χ2v) is 9.33. The van der Waals surface area contributed by atoms with E-state index in [0.717, 1.165) is 0 Å². The number of rotatable bonds is 5. The first kappa shape index (κ1) is 12.7. The molecule has 1 unspecified atom stereocenters. The Kier molecular flexibility index (Phi) is 5.29. The highest BCUT2D eigenvalue weighted by molar-refractivity contribution is 6.80. The summed E-state index contributed by atoms with van der Waals surface area (Å²) in [5, 5.41) is 0. The monoisotopic (exact) mass is 202 g/mol. The molecule has 0 aromatic heterocycles. The molecule has 0 saturated carbocycles. The van der Waals surface area contributed by atoms with Crippen LogP contribution in [0.15, 0.2) is 0 Å². The van der Waals surface area contributed by atoms with Crippen molar-refractivity contribution in [2.45, 2.75) is 58.5 Å². The molecule has 0 aliphatic rings. The molecule has 0 spiro atoms. The fraction of sp³-hybridized carbons (Fsp3) is 0.900. The van der Waals surface area contributed by atoms with Gasteiger partial charge < -0.3 is 4.74 Å². The Bertz CT molecular complexity index is 156. The van der Waals surface area contributed by atoms with E-state index in [1.54, 1.807) is 0 Å². The van der Waals surface area contributed by atoms with Gasteiger partial charge in [-0.05, 0) is 6.92 Å². The van der Waals surface area contributed by atoms with E-state index in [2.05, 4.69) is 27.7 Å². The first-order valence-corrected chi connectivity index (χ1v) is 7.89. The quantitative estimate of drug-likeness (QED) is 0.506. The number of carbonyl (C=O) groups is 1. The smallest absolute Gasteiger partial charge is 0.302 e. The lowest BCUT2D eigenvalue weighted by Gasteiger charge is -2.33. The molecule has 0 aromatic rings. The van der Waals surface area contributed by atoms with E-state index in [0.29, 0.717) is 0 Å². The van der Waals surface area contributed by atoms with E-state index < -0.39 is 8.07 Å². The van der Waals surface area contributed by atoms with Gasteiger partial charge in [-0.15, -0.1) is 0 Å². The summed E-state index contributed by atoms with van der Waals surface area (Å²) < 4.78 is 5.31. The van der Waals surface area contributed by atoms with Gasteiger partial charge in [0.25, 0.3) is 0 Å². The van der Waals surface area contributed by atoms with E-state index >= 15 is 0 Å². The molecule has 78 valence electrons. The number of hydrogen-bond donors (Lipinski definition) is 0. The molecule has 0 fully saturated rings. The molecule has 0 amide bonds. The Morgan fingerprint density at radius 3 is 1.85 bits per heavy atom. The van der Waals surface area contributed by atoms with Gasteiger partial charge in [-0.1, -0.05) is 38.9 Å². The number of esters is 1. The second-order valence-electron chi connectivity index (χ2n) is 3.67. The lowest BCUT2D eigenvalue weighted by Crippen LogP contribution is -2.46. The van der Waals surface area contributed by atoms with E-state index in [-0.39, 0.29) is 11.7 Å². The zero-order chi connectivity index (χ0) is 10.5. The minimum absolute atomic E-state index is 0.139. The van der Waals surface area contributed by atoms with Crippen LogP contribution in [-0.4, -0.2) is 19.8 Å². The van der Waals surface area contributed by atoms with Gasteiger partial charge in [0.15, 0.2) is 0 Å². The molecule has 3 heteroatoms. The minimum Gasteiger partial charge on any atom is -0.467 e. The Morgan fingerprint density at radius 1 is 1.23 bits per heavy atom. The molecule has 1 atom stereocenters. The molecule has 0 aliphatic heterocycles. The maximum absolute atomic E-state index is 10.8. The van der Waals surface area contributed by atoms with Crippen LogP contribution >= 0.6 is 0 Å². The van der Waals surface area contributed by atoms with Gasteiger partial charge >= 0.3 is 5.97 Å². The van der Waals surface area contributed by atoms with Crippen molar-refractivity contribution in [2.24, 2.45) is 0 Å². The Morgan fingerprint density at radius 2 is 1.62 bits per heavy atom. The van der Waals surface area contributed by atoms with Gasteiger partial charge in [-0.25, -0.2) is 0 Å². The van der Waals surface area contributed by atoms with Crippen molar-refractivity contribution < 1.29 is 9.53 Å². The molecule has 0 saturated heterocycles.